The molecule has 0 amide bonds. The van der Waals surface area contributed by atoms with Crippen molar-refractivity contribution in [3.8, 4) is 5.75 Å². The molecule has 0 spiro atoms. The molecule has 0 aliphatic carbocycles. The van der Waals surface area contributed by atoms with E-state index in [9.17, 15) is 4.79 Å². The third-order valence-electron chi connectivity index (χ3n) is 3.17. The topological polar surface area (TPSA) is 73.3 Å². The molecule has 21 heavy (non-hydrogen) atoms. The number of ether oxygens (including phenoxy) is 2. The number of benzene rings is 1. The molecule has 0 saturated heterocycles. The Kier molecular flexibility index (Phi) is 3.68. The Bertz CT molecular complexity index is 643. The Morgan fingerprint density at radius 2 is 2.14 bits per heavy atom. The van der Waals surface area contributed by atoms with Crippen LogP contribution in [0.1, 0.15) is 28.9 Å². The quantitative estimate of drug-likeness (QED) is 0.868. The fourth-order valence-corrected chi connectivity index (χ4v) is 2.16. The lowest BCUT2D eigenvalue weighted by atomic mass is 10.1. The summed E-state index contributed by atoms with van der Waals surface area (Å²) in [5.41, 5.74) is 1.42. The highest BCUT2D eigenvalue weighted by Gasteiger charge is 2.24. The molecule has 2 heterocycles. The van der Waals surface area contributed by atoms with E-state index in [4.69, 9.17) is 9.47 Å². The second-order valence-electron chi connectivity index (χ2n) is 4.56. The van der Waals surface area contributed by atoms with Gasteiger partial charge in [0.1, 0.15) is 12.4 Å². The molecule has 1 aliphatic rings. The van der Waals surface area contributed by atoms with Crippen molar-refractivity contribution in [3.05, 3.63) is 47.8 Å². The molecule has 0 fully saturated rings. The SMILES string of the molecule is CCOC(=O)c1cnc(NC2COc3ccccc32)nc1. The first-order valence-electron chi connectivity index (χ1n) is 6.75. The van der Waals surface area contributed by atoms with E-state index in [0.29, 0.717) is 24.7 Å². The van der Waals surface area contributed by atoms with Crippen LogP contribution in [0.5, 0.6) is 5.75 Å². The van der Waals surface area contributed by atoms with E-state index in [1.807, 2.05) is 24.3 Å². The van der Waals surface area contributed by atoms with Gasteiger partial charge in [0.05, 0.1) is 18.2 Å². The molecule has 2 aromatic rings. The van der Waals surface area contributed by atoms with E-state index in [1.54, 1.807) is 6.92 Å². The maximum absolute atomic E-state index is 11.5. The number of nitrogens with zero attached hydrogens (tertiary/aromatic N) is 2. The van der Waals surface area contributed by atoms with Crippen molar-refractivity contribution in [2.24, 2.45) is 0 Å². The highest BCUT2D eigenvalue weighted by atomic mass is 16.5. The molecule has 1 aromatic carbocycles. The maximum Gasteiger partial charge on any atom is 0.341 e. The van der Waals surface area contributed by atoms with Crippen LogP contribution in [0, 0.1) is 0 Å². The summed E-state index contributed by atoms with van der Waals surface area (Å²) in [7, 11) is 0. The van der Waals surface area contributed by atoms with Crippen LogP contribution in [-0.2, 0) is 4.74 Å². The summed E-state index contributed by atoms with van der Waals surface area (Å²) >= 11 is 0. The largest absolute Gasteiger partial charge is 0.491 e. The van der Waals surface area contributed by atoms with Gasteiger partial charge in [-0.15, -0.1) is 0 Å². The standard InChI is InChI=1S/C15H15N3O3/c1-2-20-14(19)10-7-16-15(17-8-10)18-12-9-21-13-6-4-3-5-11(12)13/h3-8,12H,2,9H2,1H3,(H,16,17,18). The first-order chi connectivity index (χ1) is 10.3. The van der Waals surface area contributed by atoms with Crippen molar-refractivity contribution in [1.82, 2.24) is 9.97 Å². The van der Waals surface area contributed by atoms with E-state index in [-0.39, 0.29) is 6.04 Å². The number of esters is 1. The molecule has 0 radical (unpaired) electrons. The van der Waals surface area contributed by atoms with Crippen molar-refractivity contribution in [2.75, 3.05) is 18.5 Å². The van der Waals surface area contributed by atoms with Crippen LogP contribution in [0.25, 0.3) is 0 Å². The number of nitrogens with one attached hydrogen (secondary N) is 1. The van der Waals surface area contributed by atoms with Crippen LogP contribution in [-0.4, -0.2) is 29.2 Å². The summed E-state index contributed by atoms with van der Waals surface area (Å²) in [4.78, 5) is 19.8. The van der Waals surface area contributed by atoms with Gasteiger partial charge in [-0.2, -0.15) is 0 Å². The zero-order valence-electron chi connectivity index (χ0n) is 11.6. The molecule has 3 rings (SSSR count). The first kappa shape index (κ1) is 13.4. The molecule has 1 unspecified atom stereocenters. The molecular formula is C15H15N3O3. The summed E-state index contributed by atoms with van der Waals surface area (Å²) in [6, 6.07) is 7.85. The fourth-order valence-electron chi connectivity index (χ4n) is 2.16. The minimum atomic E-state index is -0.418. The van der Waals surface area contributed by atoms with Crippen molar-refractivity contribution in [1.29, 1.82) is 0 Å². The third-order valence-corrected chi connectivity index (χ3v) is 3.17. The van der Waals surface area contributed by atoms with E-state index in [1.165, 1.54) is 12.4 Å². The van der Waals surface area contributed by atoms with E-state index >= 15 is 0 Å². The average Bonchev–Trinajstić information content (AvgIpc) is 2.92. The van der Waals surface area contributed by atoms with Gasteiger partial charge in [-0.1, -0.05) is 18.2 Å². The van der Waals surface area contributed by atoms with E-state index in [2.05, 4.69) is 15.3 Å². The lowest BCUT2D eigenvalue weighted by Crippen LogP contribution is -2.14. The number of aromatic nitrogens is 2. The molecular weight excluding hydrogens is 270 g/mol. The Morgan fingerprint density at radius 3 is 2.90 bits per heavy atom. The van der Waals surface area contributed by atoms with Crippen molar-refractivity contribution < 1.29 is 14.3 Å². The minimum Gasteiger partial charge on any atom is -0.491 e. The Labute approximate surface area is 122 Å². The van der Waals surface area contributed by atoms with Gasteiger partial charge in [0, 0.05) is 18.0 Å². The molecule has 1 aromatic heterocycles. The number of para-hydroxylation sites is 1. The van der Waals surface area contributed by atoms with Gasteiger partial charge in [0.25, 0.3) is 0 Å². The van der Waals surface area contributed by atoms with Crippen LogP contribution in [0.3, 0.4) is 0 Å². The van der Waals surface area contributed by atoms with Gasteiger partial charge in [0.15, 0.2) is 0 Å². The summed E-state index contributed by atoms with van der Waals surface area (Å²) in [5.74, 6) is 0.907. The predicted octanol–water partition coefficient (Wildman–Crippen LogP) is 2.20. The van der Waals surface area contributed by atoms with Crippen LogP contribution in [0.15, 0.2) is 36.7 Å². The molecule has 0 bridgehead atoms. The zero-order chi connectivity index (χ0) is 14.7. The Hall–Kier alpha value is -2.63. The molecule has 0 saturated carbocycles. The molecule has 1 aliphatic heterocycles. The van der Waals surface area contributed by atoms with E-state index in [0.717, 1.165) is 11.3 Å². The van der Waals surface area contributed by atoms with Gasteiger partial charge in [-0.3, -0.25) is 0 Å². The molecule has 1 N–H and O–H groups in total. The number of fused-ring (bicyclic) bond motifs is 1. The summed E-state index contributed by atoms with van der Waals surface area (Å²) in [5, 5.41) is 3.20. The molecule has 108 valence electrons. The summed E-state index contributed by atoms with van der Waals surface area (Å²) in [6.07, 6.45) is 2.91. The van der Waals surface area contributed by atoms with Gasteiger partial charge >= 0.3 is 5.97 Å². The molecule has 6 heteroatoms. The smallest absolute Gasteiger partial charge is 0.341 e. The lowest BCUT2D eigenvalue weighted by molar-refractivity contribution is 0.0525. The zero-order valence-corrected chi connectivity index (χ0v) is 11.6. The summed E-state index contributed by atoms with van der Waals surface area (Å²) in [6.45, 7) is 2.61. The number of hydrogen-bond donors (Lipinski definition) is 1. The lowest BCUT2D eigenvalue weighted by Gasteiger charge is -2.11. The van der Waals surface area contributed by atoms with Gasteiger partial charge in [-0.25, -0.2) is 14.8 Å². The number of carbonyl (C=O) groups is 1. The Morgan fingerprint density at radius 1 is 1.38 bits per heavy atom. The number of rotatable bonds is 4. The average molecular weight is 285 g/mol. The first-order valence-corrected chi connectivity index (χ1v) is 6.75. The predicted molar refractivity (Wildman–Crippen MR) is 76.3 cm³/mol. The van der Waals surface area contributed by atoms with Gasteiger partial charge in [0.2, 0.25) is 5.95 Å². The second kappa shape index (κ2) is 5.78. The van der Waals surface area contributed by atoms with Crippen LogP contribution in [0.2, 0.25) is 0 Å². The number of anilines is 1. The highest BCUT2D eigenvalue weighted by molar-refractivity contribution is 5.88. The number of hydrogen-bond acceptors (Lipinski definition) is 6. The number of carbonyl (C=O) groups excluding carboxylic acids is 1. The van der Waals surface area contributed by atoms with Crippen molar-refractivity contribution in [3.63, 3.8) is 0 Å². The normalized spacial score (nSPS) is 16.0. The monoisotopic (exact) mass is 285 g/mol. The van der Waals surface area contributed by atoms with Crippen LogP contribution < -0.4 is 10.1 Å². The van der Waals surface area contributed by atoms with Crippen LogP contribution in [0.4, 0.5) is 5.95 Å². The van der Waals surface area contributed by atoms with Crippen LogP contribution >= 0.6 is 0 Å². The van der Waals surface area contributed by atoms with Crippen molar-refractivity contribution >= 4 is 11.9 Å². The third kappa shape index (κ3) is 2.79. The van der Waals surface area contributed by atoms with Gasteiger partial charge in [-0.05, 0) is 13.0 Å². The van der Waals surface area contributed by atoms with E-state index < -0.39 is 5.97 Å². The molecule has 1 atom stereocenters. The fraction of sp³-hybridized carbons (Fsp3) is 0.267. The Balaban J connectivity index is 1.71. The van der Waals surface area contributed by atoms with Crippen molar-refractivity contribution in [2.45, 2.75) is 13.0 Å². The minimum absolute atomic E-state index is 0.00893. The maximum atomic E-state index is 11.5. The highest BCUT2D eigenvalue weighted by Crippen LogP contribution is 2.33. The van der Waals surface area contributed by atoms with Gasteiger partial charge < -0.3 is 14.8 Å². The molecule has 6 nitrogen and oxygen atoms in total. The summed E-state index contributed by atoms with van der Waals surface area (Å²) < 4.78 is 10.5. The second-order valence-corrected chi connectivity index (χ2v) is 4.56.